The zero-order valence-corrected chi connectivity index (χ0v) is 18.6. The van der Waals surface area contributed by atoms with Crippen LogP contribution in [0.15, 0.2) is 54.6 Å². The molecule has 0 fully saturated rings. The highest BCUT2D eigenvalue weighted by Gasteiger charge is 2.49. The van der Waals surface area contributed by atoms with E-state index in [1.165, 1.54) is 0 Å². The molecule has 1 atom stereocenters. The summed E-state index contributed by atoms with van der Waals surface area (Å²) in [5.41, 5.74) is 2.16. The molecule has 0 heterocycles. The molecule has 26 heavy (non-hydrogen) atoms. The second-order valence-corrected chi connectivity index (χ2v) is 12.8. The van der Waals surface area contributed by atoms with Crippen LogP contribution in [0.25, 0.3) is 0 Å². The first-order valence-electron chi connectivity index (χ1n) is 8.32. The molecule has 2 aromatic carbocycles. The molecule has 0 aliphatic carbocycles. The minimum atomic E-state index is -3.03. The Balaban J connectivity index is 2.35. The summed E-state index contributed by atoms with van der Waals surface area (Å²) in [7, 11) is 3.40. The Kier molecular flexibility index (Phi) is 6.96. The lowest BCUT2D eigenvalue weighted by Crippen LogP contribution is -2.64. The fourth-order valence-electron chi connectivity index (χ4n) is 2.60. The number of rotatable bonds is 6. The molecule has 2 rings (SSSR count). The molecule has 0 bridgehead atoms. The minimum absolute atomic E-state index is 0.157. The summed E-state index contributed by atoms with van der Waals surface area (Å²) in [6.45, 7) is 4.22. The Hall–Kier alpha value is -1.71. The van der Waals surface area contributed by atoms with E-state index in [1.54, 1.807) is 41.4 Å². The summed E-state index contributed by atoms with van der Waals surface area (Å²) in [5.74, 6) is -0.320. The molecule has 2 aromatic rings. The lowest BCUT2D eigenvalue weighted by molar-refractivity contribution is 0.0777. The fourth-order valence-corrected chi connectivity index (χ4v) is 6.81. The predicted octanol–water partition coefficient (Wildman–Crippen LogP) is 3.75. The van der Waals surface area contributed by atoms with Gasteiger partial charge in [0.1, 0.15) is 0 Å². The van der Waals surface area contributed by atoms with Gasteiger partial charge in [-0.3, -0.25) is 9.59 Å². The second-order valence-electron chi connectivity index (χ2n) is 5.93. The summed E-state index contributed by atoms with van der Waals surface area (Å²) in [6.07, 6.45) is -3.03. The lowest BCUT2D eigenvalue weighted by Gasteiger charge is -2.39. The highest BCUT2D eigenvalue weighted by molar-refractivity contribution is 14.1. The molecule has 0 aliphatic heterocycles. The van der Waals surface area contributed by atoms with Crippen LogP contribution >= 0.6 is 21.8 Å². The van der Waals surface area contributed by atoms with E-state index in [4.69, 9.17) is 4.43 Å². The van der Waals surface area contributed by atoms with Gasteiger partial charge < -0.3 is 13.6 Å². The monoisotopic (exact) mass is 482 g/mol. The number of amides is 2. The molecule has 0 spiro atoms. The highest BCUT2D eigenvalue weighted by atomic mass is 127. The van der Waals surface area contributed by atoms with Crippen molar-refractivity contribution in [2.75, 3.05) is 20.7 Å². The van der Waals surface area contributed by atoms with Gasteiger partial charge in [-0.2, -0.15) is 0 Å². The zero-order valence-electron chi connectivity index (χ0n) is 15.4. The number of nitrogens with zero attached hydrogens (tertiary/aromatic N) is 2. The number of halogens is 1. The molecule has 0 aromatic heterocycles. The highest BCUT2D eigenvalue weighted by Crippen LogP contribution is 2.26. The maximum atomic E-state index is 13.0. The fraction of sp³-hybridized carbons (Fsp3) is 0.263. The van der Waals surface area contributed by atoms with E-state index in [0.717, 1.165) is 5.56 Å². The van der Waals surface area contributed by atoms with Crippen molar-refractivity contribution in [1.82, 2.24) is 9.13 Å². The molecule has 0 N–H and O–H groups in total. The maximum absolute atomic E-state index is 13.0. The van der Waals surface area contributed by atoms with Crippen LogP contribution in [0.1, 0.15) is 33.2 Å². The van der Waals surface area contributed by atoms with Crippen LogP contribution in [0.4, 0.5) is 0 Å². The number of carbonyl (C=O) groups is 2. The smallest absolute Gasteiger partial charge is 0.376 e. The second kappa shape index (κ2) is 8.78. The van der Waals surface area contributed by atoms with Crippen molar-refractivity contribution in [1.29, 1.82) is 0 Å². The summed E-state index contributed by atoms with van der Waals surface area (Å²) < 4.78 is 9.18. The van der Waals surface area contributed by atoms with Crippen molar-refractivity contribution in [2.45, 2.75) is 13.8 Å². The molecule has 0 aliphatic rings. The Labute approximate surface area is 168 Å². The molecular weight excluding hydrogens is 459 g/mol. The molecule has 1 unspecified atom stereocenters. The third kappa shape index (κ3) is 4.33. The summed E-state index contributed by atoms with van der Waals surface area (Å²) in [4.78, 5) is 25.9. The zero-order chi connectivity index (χ0) is 19.3. The van der Waals surface area contributed by atoms with E-state index >= 15 is 0 Å². The van der Waals surface area contributed by atoms with Crippen molar-refractivity contribution in [2.24, 2.45) is 0 Å². The van der Waals surface area contributed by atoms with Gasteiger partial charge in [-0.25, -0.2) is 0 Å². The van der Waals surface area contributed by atoms with Crippen molar-refractivity contribution >= 4 is 39.7 Å². The Bertz CT molecular complexity index is 787. The first-order chi connectivity index (χ1) is 12.3. The van der Waals surface area contributed by atoms with Crippen molar-refractivity contribution < 1.29 is 14.0 Å². The van der Waals surface area contributed by atoms with Gasteiger partial charge in [-0.15, -0.1) is 0 Å². The Morgan fingerprint density at radius 2 is 1.50 bits per heavy atom. The van der Waals surface area contributed by atoms with Gasteiger partial charge in [0, 0.05) is 31.8 Å². The molecule has 7 heteroatoms. The molecular formula is C19H23IN2O3Si. The SMILES string of the molecule is CCO[Si](I)(N(C)C(=O)c1ccccc1)N(C)C(=O)c1cccc(C)c1. The van der Waals surface area contributed by atoms with Gasteiger partial charge in [-0.1, -0.05) is 35.9 Å². The van der Waals surface area contributed by atoms with Crippen LogP contribution in [-0.2, 0) is 4.43 Å². The molecule has 0 saturated heterocycles. The van der Waals surface area contributed by atoms with Gasteiger partial charge in [0.05, 0.1) is 0 Å². The van der Waals surface area contributed by atoms with E-state index in [-0.39, 0.29) is 11.8 Å². The van der Waals surface area contributed by atoms with E-state index in [0.29, 0.717) is 17.7 Å². The summed E-state index contributed by atoms with van der Waals surface area (Å²) in [6, 6.07) is 16.4. The number of carbonyl (C=O) groups excluding carboxylic acids is 2. The number of hydrogen-bond acceptors (Lipinski definition) is 3. The number of benzene rings is 2. The van der Waals surface area contributed by atoms with Crippen LogP contribution < -0.4 is 0 Å². The standard InChI is InChI=1S/C19H23IN2O3Si/c1-5-25-26(20,21(3)18(23)16-11-7-6-8-12-16)22(4)19(24)17-13-9-10-15(2)14-17/h6-14H,5H2,1-4H3. The molecule has 2 amide bonds. The van der Waals surface area contributed by atoms with E-state index in [9.17, 15) is 9.59 Å². The largest absolute Gasteiger partial charge is 0.493 e. The van der Waals surface area contributed by atoms with Crippen LogP contribution in [0.2, 0.25) is 0 Å². The topological polar surface area (TPSA) is 49.9 Å². The van der Waals surface area contributed by atoms with Gasteiger partial charge in [0.15, 0.2) is 0 Å². The van der Waals surface area contributed by atoms with E-state index in [1.807, 2.05) is 50.2 Å². The van der Waals surface area contributed by atoms with Crippen LogP contribution in [0.5, 0.6) is 0 Å². The molecule has 0 radical (unpaired) electrons. The first kappa shape index (κ1) is 20.6. The normalized spacial score (nSPS) is 13.0. The third-order valence-electron chi connectivity index (χ3n) is 4.05. The van der Waals surface area contributed by atoms with Gasteiger partial charge in [0.25, 0.3) is 0 Å². The summed E-state index contributed by atoms with van der Waals surface area (Å²) >= 11 is 2.15. The number of hydrogen-bond donors (Lipinski definition) is 0. The lowest BCUT2D eigenvalue weighted by atomic mass is 10.1. The quantitative estimate of drug-likeness (QED) is 0.358. The van der Waals surface area contributed by atoms with Crippen molar-refractivity contribution in [3.05, 3.63) is 71.3 Å². The minimum Gasteiger partial charge on any atom is -0.376 e. The van der Waals surface area contributed by atoms with Crippen molar-refractivity contribution in [3.63, 3.8) is 0 Å². The first-order valence-corrected chi connectivity index (χ1v) is 13.2. The molecule has 5 nitrogen and oxygen atoms in total. The van der Waals surface area contributed by atoms with Gasteiger partial charge in [-0.05, 0) is 59.9 Å². The summed E-state index contributed by atoms with van der Waals surface area (Å²) in [5, 5.41) is 0. The van der Waals surface area contributed by atoms with Crippen LogP contribution in [-0.4, -0.2) is 47.8 Å². The van der Waals surface area contributed by atoms with E-state index < -0.39 is 6.14 Å². The molecule has 0 saturated carbocycles. The third-order valence-corrected chi connectivity index (χ3v) is 12.0. The Morgan fingerprint density at radius 3 is 2.04 bits per heavy atom. The maximum Gasteiger partial charge on any atom is 0.493 e. The number of aryl methyl sites for hydroxylation is 1. The van der Waals surface area contributed by atoms with Gasteiger partial charge >= 0.3 is 6.14 Å². The molecule has 138 valence electrons. The Morgan fingerprint density at radius 1 is 0.962 bits per heavy atom. The average Bonchev–Trinajstić information content (AvgIpc) is 2.66. The van der Waals surface area contributed by atoms with E-state index in [2.05, 4.69) is 21.8 Å². The van der Waals surface area contributed by atoms with Crippen molar-refractivity contribution in [3.8, 4) is 0 Å². The van der Waals surface area contributed by atoms with Crippen LogP contribution in [0, 0.1) is 6.92 Å². The average molecular weight is 482 g/mol. The predicted molar refractivity (Wildman–Crippen MR) is 113 cm³/mol. The van der Waals surface area contributed by atoms with Crippen LogP contribution in [0.3, 0.4) is 0 Å². The van der Waals surface area contributed by atoms with Gasteiger partial charge in [0.2, 0.25) is 11.8 Å².